The molecule has 0 radical (unpaired) electrons. The molecule has 0 unspecified atom stereocenters. The average molecular weight is 364 g/mol. The van der Waals surface area contributed by atoms with Crippen molar-refractivity contribution in [2.45, 2.75) is 0 Å². The highest BCUT2D eigenvalue weighted by atomic mass is 16.3. The zero-order valence-corrected chi connectivity index (χ0v) is 14.9. The molecule has 0 aliphatic rings. The van der Waals surface area contributed by atoms with Crippen LogP contribution in [0.2, 0.25) is 0 Å². The molecule has 5 rings (SSSR count). The van der Waals surface area contributed by atoms with Crippen LogP contribution in [-0.4, -0.2) is 9.97 Å². The Morgan fingerprint density at radius 1 is 0.679 bits per heavy atom. The summed E-state index contributed by atoms with van der Waals surface area (Å²) in [6, 6.07) is 29.1. The summed E-state index contributed by atoms with van der Waals surface area (Å²) in [4.78, 5) is 20.6. The molecule has 5 aromatic rings. The summed E-state index contributed by atoms with van der Waals surface area (Å²) >= 11 is 0. The maximum Gasteiger partial charge on any atom is 0.263 e. The van der Waals surface area contributed by atoms with Gasteiger partial charge in [0, 0.05) is 16.7 Å². The standard InChI is InChI=1S/C24H16N2O2/c27-23-20-19(16-10-4-1-5-11-16)21(17-12-6-2-7-13-17)28-24(20)26-22(25-23)18-14-8-3-9-15-18/h1-15H,(H,25,26,27). The van der Waals surface area contributed by atoms with Gasteiger partial charge in [-0.15, -0.1) is 0 Å². The number of hydrogen-bond donors (Lipinski definition) is 1. The number of hydrogen-bond acceptors (Lipinski definition) is 3. The van der Waals surface area contributed by atoms with Crippen LogP contribution in [0.25, 0.3) is 44.9 Å². The Balaban J connectivity index is 1.84. The monoisotopic (exact) mass is 364 g/mol. The molecule has 134 valence electrons. The maximum atomic E-state index is 13.1. The molecule has 0 saturated heterocycles. The van der Waals surface area contributed by atoms with E-state index in [1.54, 1.807) is 0 Å². The van der Waals surface area contributed by atoms with E-state index in [1.807, 2.05) is 91.0 Å². The number of fused-ring (bicyclic) bond motifs is 1. The highest BCUT2D eigenvalue weighted by molar-refractivity contribution is 6.00. The van der Waals surface area contributed by atoms with Crippen molar-refractivity contribution in [1.29, 1.82) is 0 Å². The first kappa shape index (κ1) is 16.3. The van der Waals surface area contributed by atoms with Crippen LogP contribution >= 0.6 is 0 Å². The molecule has 28 heavy (non-hydrogen) atoms. The van der Waals surface area contributed by atoms with E-state index in [2.05, 4.69) is 9.97 Å². The van der Waals surface area contributed by atoms with E-state index < -0.39 is 0 Å². The first-order valence-electron chi connectivity index (χ1n) is 9.04. The van der Waals surface area contributed by atoms with E-state index >= 15 is 0 Å². The van der Waals surface area contributed by atoms with Gasteiger partial charge < -0.3 is 9.40 Å². The third-order valence-corrected chi connectivity index (χ3v) is 4.71. The van der Waals surface area contributed by atoms with Crippen LogP contribution in [0.15, 0.2) is 100 Å². The maximum absolute atomic E-state index is 13.1. The highest BCUT2D eigenvalue weighted by Crippen LogP contribution is 2.38. The number of nitrogens with zero attached hydrogens (tertiary/aromatic N) is 1. The molecule has 0 saturated carbocycles. The molecule has 0 atom stereocenters. The van der Waals surface area contributed by atoms with Crippen molar-refractivity contribution in [3.63, 3.8) is 0 Å². The minimum absolute atomic E-state index is 0.214. The summed E-state index contributed by atoms with van der Waals surface area (Å²) in [5.74, 6) is 1.14. The summed E-state index contributed by atoms with van der Waals surface area (Å²) < 4.78 is 6.15. The largest absolute Gasteiger partial charge is 0.437 e. The van der Waals surface area contributed by atoms with E-state index in [0.717, 1.165) is 22.3 Å². The van der Waals surface area contributed by atoms with Gasteiger partial charge in [-0.25, -0.2) is 0 Å². The minimum Gasteiger partial charge on any atom is -0.437 e. The summed E-state index contributed by atoms with van der Waals surface area (Å²) in [6.45, 7) is 0. The molecule has 3 aromatic carbocycles. The lowest BCUT2D eigenvalue weighted by Crippen LogP contribution is -2.09. The van der Waals surface area contributed by atoms with Gasteiger partial charge in [0.1, 0.15) is 17.0 Å². The van der Waals surface area contributed by atoms with Gasteiger partial charge >= 0.3 is 0 Å². The van der Waals surface area contributed by atoms with Gasteiger partial charge in [-0.05, 0) is 5.56 Å². The number of furan rings is 1. The van der Waals surface area contributed by atoms with Crippen LogP contribution < -0.4 is 5.56 Å². The van der Waals surface area contributed by atoms with Crippen LogP contribution in [0.4, 0.5) is 0 Å². The van der Waals surface area contributed by atoms with Gasteiger partial charge in [-0.2, -0.15) is 4.98 Å². The van der Waals surface area contributed by atoms with Gasteiger partial charge in [0.05, 0.1) is 0 Å². The van der Waals surface area contributed by atoms with Crippen molar-refractivity contribution in [3.8, 4) is 33.8 Å². The van der Waals surface area contributed by atoms with Crippen molar-refractivity contribution in [2.24, 2.45) is 0 Å². The molecule has 0 aliphatic carbocycles. The van der Waals surface area contributed by atoms with Crippen molar-refractivity contribution in [1.82, 2.24) is 9.97 Å². The van der Waals surface area contributed by atoms with E-state index in [0.29, 0.717) is 22.7 Å². The zero-order chi connectivity index (χ0) is 18.9. The Bertz CT molecular complexity index is 1310. The summed E-state index contributed by atoms with van der Waals surface area (Å²) in [6.07, 6.45) is 0. The van der Waals surface area contributed by atoms with E-state index in [-0.39, 0.29) is 5.56 Å². The number of aromatic amines is 1. The number of nitrogens with one attached hydrogen (secondary N) is 1. The summed E-state index contributed by atoms with van der Waals surface area (Å²) in [5, 5.41) is 0.463. The molecular weight excluding hydrogens is 348 g/mol. The molecule has 2 heterocycles. The molecule has 1 N–H and O–H groups in total. The Kier molecular flexibility index (Phi) is 3.87. The van der Waals surface area contributed by atoms with Crippen LogP contribution in [0.5, 0.6) is 0 Å². The lowest BCUT2D eigenvalue weighted by molar-refractivity contribution is 0.618. The molecule has 4 nitrogen and oxygen atoms in total. The van der Waals surface area contributed by atoms with Gasteiger partial charge in [0.2, 0.25) is 5.71 Å². The fourth-order valence-electron chi connectivity index (χ4n) is 3.41. The van der Waals surface area contributed by atoms with E-state index in [1.165, 1.54) is 0 Å². The first-order chi connectivity index (χ1) is 13.8. The fraction of sp³-hybridized carbons (Fsp3) is 0. The van der Waals surface area contributed by atoms with Crippen LogP contribution in [0, 0.1) is 0 Å². The summed E-state index contributed by atoms with van der Waals surface area (Å²) in [5.41, 5.74) is 3.53. The summed E-state index contributed by atoms with van der Waals surface area (Å²) in [7, 11) is 0. The number of benzene rings is 3. The highest BCUT2D eigenvalue weighted by Gasteiger charge is 2.22. The van der Waals surface area contributed by atoms with Crippen molar-refractivity contribution in [2.75, 3.05) is 0 Å². The van der Waals surface area contributed by atoms with Gasteiger partial charge in [-0.3, -0.25) is 4.79 Å². The quantitative estimate of drug-likeness (QED) is 0.459. The van der Waals surface area contributed by atoms with Crippen LogP contribution in [-0.2, 0) is 0 Å². The van der Waals surface area contributed by atoms with E-state index in [9.17, 15) is 4.79 Å². The Morgan fingerprint density at radius 2 is 1.21 bits per heavy atom. The van der Waals surface area contributed by atoms with Crippen molar-refractivity contribution < 1.29 is 4.42 Å². The topological polar surface area (TPSA) is 58.9 Å². The molecule has 0 aliphatic heterocycles. The normalized spacial score (nSPS) is 11.0. The minimum atomic E-state index is -0.214. The zero-order valence-electron chi connectivity index (χ0n) is 14.9. The van der Waals surface area contributed by atoms with E-state index in [4.69, 9.17) is 4.42 Å². The van der Waals surface area contributed by atoms with Crippen LogP contribution in [0.1, 0.15) is 0 Å². The SMILES string of the molecule is O=c1[nH]c(-c2ccccc2)nc2oc(-c3ccccc3)c(-c3ccccc3)c12. The molecule has 4 heteroatoms. The average Bonchev–Trinajstić information content (AvgIpc) is 3.16. The number of H-pyrrole nitrogens is 1. The molecule has 0 amide bonds. The second-order valence-corrected chi connectivity index (χ2v) is 6.50. The second-order valence-electron chi connectivity index (χ2n) is 6.50. The lowest BCUT2D eigenvalue weighted by Gasteiger charge is -2.03. The lowest BCUT2D eigenvalue weighted by atomic mass is 10.00. The van der Waals surface area contributed by atoms with Gasteiger partial charge in [0.15, 0.2) is 0 Å². The molecular formula is C24H16N2O2. The molecule has 2 aromatic heterocycles. The molecule has 0 bridgehead atoms. The fourth-order valence-corrected chi connectivity index (χ4v) is 3.41. The van der Waals surface area contributed by atoms with Crippen molar-refractivity contribution >= 4 is 11.1 Å². The third kappa shape index (κ3) is 2.72. The smallest absolute Gasteiger partial charge is 0.263 e. The predicted molar refractivity (Wildman–Crippen MR) is 111 cm³/mol. The third-order valence-electron chi connectivity index (χ3n) is 4.71. The number of rotatable bonds is 3. The van der Waals surface area contributed by atoms with Gasteiger partial charge in [0.25, 0.3) is 5.56 Å². The Morgan fingerprint density at radius 3 is 1.82 bits per heavy atom. The predicted octanol–water partition coefficient (Wildman–Crippen LogP) is 5.52. The van der Waals surface area contributed by atoms with Crippen LogP contribution in [0.3, 0.4) is 0 Å². The molecule has 0 fully saturated rings. The Labute approximate surface area is 161 Å². The van der Waals surface area contributed by atoms with Crippen molar-refractivity contribution in [3.05, 3.63) is 101 Å². The van der Waals surface area contributed by atoms with Gasteiger partial charge in [-0.1, -0.05) is 91.0 Å². The number of aromatic nitrogens is 2. The first-order valence-corrected chi connectivity index (χ1v) is 9.04. The Hall–Kier alpha value is -3.92. The second kappa shape index (κ2) is 6.67. The molecule has 0 spiro atoms.